The van der Waals surface area contributed by atoms with E-state index in [1.807, 2.05) is 36.4 Å². The highest BCUT2D eigenvalue weighted by Gasteiger charge is 2.10. The minimum atomic E-state index is -0.864. The molecule has 3 N–H and O–H groups in total. The Labute approximate surface area is 121 Å². The first kappa shape index (κ1) is 14.3. The van der Waals surface area contributed by atoms with Gasteiger partial charge in [-0.3, -0.25) is 4.79 Å². The summed E-state index contributed by atoms with van der Waals surface area (Å²) in [5.74, 6) is -0.208. The molecular weight excluding hydrogens is 274 g/mol. The molecule has 20 heavy (non-hydrogen) atoms. The Morgan fingerprint density at radius 2 is 1.95 bits per heavy atom. The first-order chi connectivity index (χ1) is 9.58. The van der Waals surface area contributed by atoms with Crippen LogP contribution in [0.5, 0.6) is 5.75 Å². The third-order valence-corrected chi connectivity index (χ3v) is 3.84. The monoisotopic (exact) mass is 289 g/mol. The Hall–Kier alpha value is -2.14. The third kappa shape index (κ3) is 3.68. The van der Waals surface area contributed by atoms with E-state index in [2.05, 4.69) is 0 Å². The van der Waals surface area contributed by atoms with Gasteiger partial charge < -0.3 is 15.6 Å². The number of carboxylic acids is 1. The highest BCUT2D eigenvalue weighted by atomic mass is 32.2. The molecule has 0 amide bonds. The Kier molecular flexibility index (Phi) is 4.53. The van der Waals surface area contributed by atoms with Gasteiger partial charge in [0.05, 0.1) is 13.5 Å². The summed E-state index contributed by atoms with van der Waals surface area (Å²) in [4.78, 5) is 12.9. The van der Waals surface area contributed by atoms with Crippen LogP contribution in [0.25, 0.3) is 0 Å². The molecule has 0 aliphatic carbocycles. The second-order valence-electron chi connectivity index (χ2n) is 4.22. The van der Waals surface area contributed by atoms with Crippen LogP contribution in [0.15, 0.2) is 52.3 Å². The molecule has 104 valence electrons. The normalized spacial score (nSPS) is 10.2. The van der Waals surface area contributed by atoms with E-state index in [9.17, 15) is 4.79 Å². The van der Waals surface area contributed by atoms with Gasteiger partial charge in [-0.2, -0.15) is 0 Å². The van der Waals surface area contributed by atoms with E-state index in [0.29, 0.717) is 11.4 Å². The summed E-state index contributed by atoms with van der Waals surface area (Å²) in [6.45, 7) is 0. The molecular formula is C15H15NO3S. The fourth-order valence-electron chi connectivity index (χ4n) is 1.75. The Morgan fingerprint density at radius 3 is 2.55 bits per heavy atom. The van der Waals surface area contributed by atoms with Gasteiger partial charge >= 0.3 is 5.97 Å². The van der Waals surface area contributed by atoms with Gasteiger partial charge in [0.1, 0.15) is 5.75 Å². The van der Waals surface area contributed by atoms with Crippen LogP contribution >= 0.6 is 11.8 Å². The van der Waals surface area contributed by atoms with Crippen molar-refractivity contribution in [2.24, 2.45) is 0 Å². The molecule has 0 unspecified atom stereocenters. The van der Waals surface area contributed by atoms with Gasteiger partial charge in [-0.25, -0.2) is 0 Å². The zero-order valence-electron chi connectivity index (χ0n) is 11.0. The fraction of sp³-hybridized carbons (Fsp3) is 0.133. The highest BCUT2D eigenvalue weighted by molar-refractivity contribution is 7.99. The largest absolute Gasteiger partial charge is 0.497 e. The van der Waals surface area contributed by atoms with E-state index in [1.54, 1.807) is 13.2 Å². The van der Waals surface area contributed by atoms with Crippen LogP contribution in [0.3, 0.4) is 0 Å². The summed E-state index contributed by atoms with van der Waals surface area (Å²) in [7, 11) is 1.56. The zero-order valence-corrected chi connectivity index (χ0v) is 11.8. The molecule has 0 aromatic heterocycles. The summed E-state index contributed by atoms with van der Waals surface area (Å²) < 4.78 is 5.14. The van der Waals surface area contributed by atoms with Gasteiger partial charge in [0, 0.05) is 15.5 Å². The first-order valence-corrected chi connectivity index (χ1v) is 6.82. The first-order valence-electron chi connectivity index (χ1n) is 6.00. The molecule has 0 radical (unpaired) electrons. The topological polar surface area (TPSA) is 72.5 Å². The van der Waals surface area contributed by atoms with E-state index in [1.165, 1.54) is 11.8 Å². The van der Waals surface area contributed by atoms with Crippen molar-refractivity contribution in [1.82, 2.24) is 0 Å². The number of anilines is 1. The number of aliphatic carboxylic acids is 1. The summed E-state index contributed by atoms with van der Waals surface area (Å²) in [5, 5.41) is 8.99. The molecule has 0 fully saturated rings. The molecule has 0 aliphatic heterocycles. The molecule has 4 nitrogen and oxygen atoms in total. The van der Waals surface area contributed by atoms with Crippen LogP contribution < -0.4 is 10.5 Å². The van der Waals surface area contributed by atoms with Crippen LogP contribution in [0, 0.1) is 0 Å². The molecule has 2 aromatic carbocycles. The molecule has 0 saturated carbocycles. The Morgan fingerprint density at radius 1 is 1.25 bits per heavy atom. The maximum atomic E-state index is 11.0. The fourth-order valence-corrected chi connectivity index (χ4v) is 2.67. The molecule has 2 rings (SSSR count). The van der Waals surface area contributed by atoms with Crippen molar-refractivity contribution in [3.05, 3.63) is 48.0 Å². The lowest BCUT2D eigenvalue weighted by Gasteiger charge is -2.10. The lowest BCUT2D eigenvalue weighted by molar-refractivity contribution is -0.136. The lowest BCUT2D eigenvalue weighted by atomic mass is 10.1. The number of hydrogen-bond donors (Lipinski definition) is 2. The van der Waals surface area contributed by atoms with Crippen molar-refractivity contribution in [2.75, 3.05) is 12.8 Å². The predicted molar refractivity (Wildman–Crippen MR) is 79.3 cm³/mol. The number of hydrogen-bond acceptors (Lipinski definition) is 4. The quantitative estimate of drug-likeness (QED) is 0.828. The number of carboxylic acid groups (broad SMARTS) is 1. The van der Waals surface area contributed by atoms with Crippen molar-refractivity contribution >= 4 is 23.4 Å². The Balaban J connectivity index is 2.29. The van der Waals surface area contributed by atoms with Crippen molar-refractivity contribution in [1.29, 1.82) is 0 Å². The van der Waals surface area contributed by atoms with Crippen LogP contribution in [-0.4, -0.2) is 18.2 Å². The summed E-state index contributed by atoms with van der Waals surface area (Å²) in [6.07, 6.45) is -0.0332. The van der Waals surface area contributed by atoms with E-state index in [-0.39, 0.29) is 6.42 Å². The van der Waals surface area contributed by atoms with Gasteiger partial charge in [0.15, 0.2) is 0 Å². The zero-order chi connectivity index (χ0) is 14.5. The van der Waals surface area contributed by atoms with Crippen LogP contribution in [0.1, 0.15) is 5.56 Å². The molecule has 0 saturated heterocycles. The van der Waals surface area contributed by atoms with Crippen LogP contribution in [-0.2, 0) is 11.2 Å². The Bertz CT molecular complexity index is 611. The number of methoxy groups -OCH3 is 1. The lowest BCUT2D eigenvalue weighted by Crippen LogP contribution is -2.02. The number of carbonyl (C=O) groups is 1. The number of nitrogen functional groups attached to an aromatic ring is 1. The number of benzene rings is 2. The molecule has 5 heteroatoms. The van der Waals surface area contributed by atoms with Gasteiger partial charge in [-0.15, -0.1) is 0 Å². The minimum absolute atomic E-state index is 0.0332. The number of rotatable bonds is 5. The van der Waals surface area contributed by atoms with Gasteiger partial charge in [-0.05, 0) is 48.0 Å². The second kappa shape index (κ2) is 6.34. The number of nitrogens with two attached hydrogens (primary N) is 1. The smallest absolute Gasteiger partial charge is 0.307 e. The maximum absolute atomic E-state index is 11.0. The van der Waals surface area contributed by atoms with Crippen LogP contribution in [0.4, 0.5) is 5.69 Å². The predicted octanol–water partition coefficient (Wildman–Crippen LogP) is 3.06. The standard InChI is InChI=1S/C15H15NO3S/c1-19-12-4-7-14(10(8-12)9-15(17)18)20-13-5-2-11(16)3-6-13/h2-8H,9,16H2,1H3,(H,17,18). The number of ether oxygens (including phenoxy) is 1. The van der Waals surface area contributed by atoms with E-state index in [0.717, 1.165) is 15.4 Å². The van der Waals surface area contributed by atoms with Crippen molar-refractivity contribution in [3.63, 3.8) is 0 Å². The average Bonchev–Trinajstić information content (AvgIpc) is 2.42. The van der Waals surface area contributed by atoms with E-state index in [4.69, 9.17) is 15.6 Å². The average molecular weight is 289 g/mol. The van der Waals surface area contributed by atoms with E-state index >= 15 is 0 Å². The molecule has 0 spiro atoms. The summed E-state index contributed by atoms with van der Waals surface area (Å²) in [5.41, 5.74) is 7.09. The molecule has 0 bridgehead atoms. The third-order valence-electron chi connectivity index (χ3n) is 2.72. The van der Waals surface area contributed by atoms with Crippen molar-refractivity contribution in [3.8, 4) is 5.75 Å². The summed E-state index contributed by atoms with van der Waals surface area (Å²) in [6, 6.07) is 12.9. The molecule has 0 atom stereocenters. The minimum Gasteiger partial charge on any atom is -0.497 e. The molecule has 2 aromatic rings. The van der Waals surface area contributed by atoms with Crippen LogP contribution in [0.2, 0.25) is 0 Å². The van der Waals surface area contributed by atoms with Crippen molar-refractivity contribution in [2.45, 2.75) is 16.2 Å². The van der Waals surface area contributed by atoms with Gasteiger partial charge in [0.2, 0.25) is 0 Å². The highest BCUT2D eigenvalue weighted by Crippen LogP contribution is 2.33. The second-order valence-corrected chi connectivity index (χ2v) is 5.33. The van der Waals surface area contributed by atoms with E-state index < -0.39 is 5.97 Å². The maximum Gasteiger partial charge on any atom is 0.307 e. The molecule has 0 heterocycles. The molecule has 0 aliphatic rings. The SMILES string of the molecule is COc1ccc(Sc2ccc(N)cc2)c(CC(=O)O)c1. The summed E-state index contributed by atoms with van der Waals surface area (Å²) >= 11 is 1.51. The van der Waals surface area contributed by atoms with Gasteiger partial charge in [0.25, 0.3) is 0 Å². The van der Waals surface area contributed by atoms with Gasteiger partial charge in [-0.1, -0.05) is 11.8 Å². The van der Waals surface area contributed by atoms with Crippen molar-refractivity contribution < 1.29 is 14.6 Å².